The summed E-state index contributed by atoms with van der Waals surface area (Å²) in [6.07, 6.45) is 2.10. The molecule has 0 fully saturated rings. The zero-order chi connectivity index (χ0) is 11.5. The predicted octanol–water partition coefficient (Wildman–Crippen LogP) is 3.42. The van der Waals surface area contributed by atoms with Crippen molar-refractivity contribution in [3.05, 3.63) is 48.0 Å². The van der Waals surface area contributed by atoms with Gasteiger partial charge in [0.1, 0.15) is 5.78 Å². The average Bonchev–Trinajstić information content (AvgIpc) is 2.18. The molecule has 0 saturated heterocycles. The van der Waals surface area contributed by atoms with Gasteiger partial charge in [0.05, 0.1) is 0 Å². The molecule has 0 N–H and O–H groups in total. The van der Waals surface area contributed by atoms with E-state index in [0.29, 0.717) is 6.42 Å². The van der Waals surface area contributed by atoms with E-state index in [1.807, 2.05) is 45.0 Å². The van der Waals surface area contributed by atoms with E-state index in [0.717, 1.165) is 5.56 Å². The monoisotopic (exact) mass is 202 g/mol. The average molecular weight is 202 g/mol. The Kier molecular flexibility index (Phi) is 3.46. The van der Waals surface area contributed by atoms with Crippen LogP contribution in [0.4, 0.5) is 0 Å². The number of carbonyl (C=O) groups is 1. The molecule has 15 heavy (non-hydrogen) atoms. The van der Waals surface area contributed by atoms with Gasteiger partial charge in [0.2, 0.25) is 0 Å². The van der Waals surface area contributed by atoms with Gasteiger partial charge in [-0.3, -0.25) is 4.79 Å². The van der Waals surface area contributed by atoms with E-state index in [1.165, 1.54) is 5.56 Å². The predicted molar refractivity (Wildman–Crippen MR) is 64.0 cm³/mol. The van der Waals surface area contributed by atoms with Crippen molar-refractivity contribution in [3.63, 3.8) is 0 Å². The number of ketones is 1. The molecular weight excluding hydrogens is 184 g/mol. The zero-order valence-corrected chi connectivity index (χ0v) is 9.71. The Hall–Kier alpha value is -1.37. The SMILES string of the molecule is C=CCC(=O)C(C)(C)c1ccc(C)cc1. The quantitative estimate of drug-likeness (QED) is 0.684. The summed E-state index contributed by atoms with van der Waals surface area (Å²) >= 11 is 0. The Bertz CT molecular complexity index is 357. The molecule has 0 bridgehead atoms. The highest BCUT2D eigenvalue weighted by Gasteiger charge is 2.27. The lowest BCUT2D eigenvalue weighted by Crippen LogP contribution is -2.28. The Balaban J connectivity index is 2.99. The molecule has 0 aromatic heterocycles. The summed E-state index contributed by atoms with van der Waals surface area (Å²) in [4.78, 5) is 11.9. The lowest BCUT2D eigenvalue weighted by atomic mass is 9.79. The van der Waals surface area contributed by atoms with E-state index < -0.39 is 5.41 Å². The van der Waals surface area contributed by atoms with Gasteiger partial charge in [-0.15, -0.1) is 6.58 Å². The van der Waals surface area contributed by atoms with Crippen LogP contribution in [0, 0.1) is 6.92 Å². The first-order chi connectivity index (χ1) is 6.98. The number of hydrogen-bond donors (Lipinski definition) is 0. The summed E-state index contributed by atoms with van der Waals surface area (Å²) in [6, 6.07) is 8.13. The Morgan fingerprint density at radius 3 is 2.33 bits per heavy atom. The van der Waals surface area contributed by atoms with Crippen LogP contribution in [0.25, 0.3) is 0 Å². The molecular formula is C14H18O. The van der Waals surface area contributed by atoms with Crippen LogP contribution >= 0.6 is 0 Å². The van der Waals surface area contributed by atoms with Crippen LogP contribution in [0.15, 0.2) is 36.9 Å². The number of hydrogen-bond acceptors (Lipinski definition) is 1. The molecule has 1 nitrogen and oxygen atoms in total. The molecule has 1 aromatic rings. The highest BCUT2D eigenvalue weighted by Crippen LogP contribution is 2.25. The summed E-state index contributed by atoms with van der Waals surface area (Å²) in [6.45, 7) is 9.57. The maximum absolute atomic E-state index is 11.9. The van der Waals surface area contributed by atoms with E-state index in [9.17, 15) is 4.79 Å². The normalized spacial score (nSPS) is 11.1. The summed E-state index contributed by atoms with van der Waals surface area (Å²) in [5, 5.41) is 0. The van der Waals surface area contributed by atoms with Crippen LogP contribution in [0.2, 0.25) is 0 Å². The highest BCUT2D eigenvalue weighted by atomic mass is 16.1. The van der Waals surface area contributed by atoms with Gasteiger partial charge in [0.15, 0.2) is 0 Å². The number of aryl methyl sites for hydroxylation is 1. The third-order valence-corrected chi connectivity index (χ3v) is 2.80. The maximum Gasteiger partial charge on any atom is 0.146 e. The number of allylic oxidation sites excluding steroid dienone is 1. The first kappa shape index (κ1) is 11.7. The molecule has 0 saturated carbocycles. The van der Waals surface area contributed by atoms with Crippen molar-refractivity contribution in [2.24, 2.45) is 0 Å². The molecule has 80 valence electrons. The molecule has 1 rings (SSSR count). The van der Waals surface area contributed by atoms with Gasteiger partial charge in [-0.2, -0.15) is 0 Å². The van der Waals surface area contributed by atoms with Crippen LogP contribution in [-0.4, -0.2) is 5.78 Å². The van der Waals surface area contributed by atoms with E-state index in [4.69, 9.17) is 0 Å². The molecule has 0 spiro atoms. The molecule has 0 atom stereocenters. The lowest BCUT2D eigenvalue weighted by Gasteiger charge is -2.23. The van der Waals surface area contributed by atoms with Gasteiger partial charge in [-0.05, 0) is 26.3 Å². The molecule has 0 unspecified atom stereocenters. The van der Waals surface area contributed by atoms with Crippen molar-refractivity contribution >= 4 is 5.78 Å². The van der Waals surface area contributed by atoms with Crippen molar-refractivity contribution in [3.8, 4) is 0 Å². The summed E-state index contributed by atoms with van der Waals surface area (Å²) in [7, 11) is 0. The van der Waals surface area contributed by atoms with Gasteiger partial charge in [-0.1, -0.05) is 35.9 Å². The zero-order valence-electron chi connectivity index (χ0n) is 9.71. The Morgan fingerprint density at radius 1 is 1.33 bits per heavy atom. The van der Waals surface area contributed by atoms with Crippen LogP contribution in [0.5, 0.6) is 0 Å². The maximum atomic E-state index is 11.9. The standard InChI is InChI=1S/C14H18O/c1-5-6-13(15)14(3,4)12-9-7-11(2)8-10-12/h5,7-10H,1,6H2,2-4H3. The smallest absolute Gasteiger partial charge is 0.146 e. The molecule has 0 radical (unpaired) electrons. The van der Waals surface area contributed by atoms with E-state index in [-0.39, 0.29) is 5.78 Å². The summed E-state index contributed by atoms with van der Waals surface area (Å²) in [5.41, 5.74) is 1.87. The fourth-order valence-corrected chi connectivity index (χ4v) is 1.52. The van der Waals surface area contributed by atoms with Gasteiger partial charge < -0.3 is 0 Å². The molecule has 0 amide bonds. The second-order valence-electron chi connectivity index (χ2n) is 4.41. The van der Waals surface area contributed by atoms with E-state index >= 15 is 0 Å². The lowest BCUT2D eigenvalue weighted by molar-refractivity contribution is -0.122. The Labute approximate surface area is 91.8 Å². The number of carbonyl (C=O) groups excluding carboxylic acids is 1. The summed E-state index contributed by atoms with van der Waals surface area (Å²) < 4.78 is 0. The third-order valence-electron chi connectivity index (χ3n) is 2.80. The summed E-state index contributed by atoms with van der Waals surface area (Å²) in [5.74, 6) is 0.210. The number of Topliss-reactive ketones (excluding diaryl/α,β-unsaturated/α-hetero) is 1. The number of benzene rings is 1. The van der Waals surface area contributed by atoms with E-state index in [2.05, 4.69) is 6.58 Å². The highest BCUT2D eigenvalue weighted by molar-refractivity contribution is 5.90. The van der Waals surface area contributed by atoms with Crippen molar-refractivity contribution in [2.45, 2.75) is 32.6 Å². The molecule has 0 heterocycles. The second-order valence-corrected chi connectivity index (χ2v) is 4.41. The molecule has 0 aliphatic heterocycles. The van der Waals surface area contributed by atoms with Crippen molar-refractivity contribution in [2.75, 3.05) is 0 Å². The van der Waals surface area contributed by atoms with Crippen molar-refractivity contribution in [1.82, 2.24) is 0 Å². The topological polar surface area (TPSA) is 17.1 Å². The van der Waals surface area contributed by atoms with Crippen LogP contribution < -0.4 is 0 Å². The molecule has 1 heteroatoms. The first-order valence-corrected chi connectivity index (χ1v) is 5.20. The Morgan fingerprint density at radius 2 is 1.87 bits per heavy atom. The van der Waals surface area contributed by atoms with Gasteiger partial charge in [0, 0.05) is 11.8 Å². The van der Waals surface area contributed by atoms with Crippen LogP contribution in [0.1, 0.15) is 31.4 Å². The molecule has 1 aromatic carbocycles. The minimum absolute atomic E-state index is 0.210. The van der Waals surface area contributed by atoms with Gasteiger partial charge in [-0.25, -0.2) is 0 Å². The van der Waals surface area contributed by atoms with Gasteiger partial charge >= 0.3 is 0 Å². The molecule has 0 aliphatic rings. The number of rotatable bonds is 4. The fourth-order valence-electron chi connectivity index (χ4n) is 1.52. The fraction of sp³-hybridized carbons (Fsp3) is 0.357. The van der Waals surface area contributed by atoms with Crippen molar-refractivity contribution < 1.29 is 4.79 Å². The second kappa shape index (κ2) is 4.43. The largest absolute Gasteiger partial charge is 0.298 e. The van der Waals surface area contributed by atoms with Crippen molar-refractivity contribution in [1.29, 1.82) is 0 Å². The van der Waals surface area contributed by atoms with E-state index in [1.54, 1.807) is 6.08 Å². The molecule has 0 aliphatic carbocycles. The third kappa shape index (κ3) is 2.56. The van der Waals surface area contributed by atoms with Crippen LogP contribution in [0.3, 0.4) is 0 Å². The first-order valence-electron chi connectivity index (χ1n) is 5.20. The minimum atomic E-state index is -0.415. The minimum Gasteiger partial charge on any atom is -0.298 e. The van der Waals surface area contributed by atoms with Gasteiger partial charge in [0.25, 0.3) is 0 Å². The van der Waals surface area contributed by atoms with Crippen LogP contribution in [-0.2, 0) is 10.2 Å².